The highest BCUT2D eigenvalue weighted by molar-refractivity contribution is 6.04. The number of allylic oxidation sites excluding steroid dienone is 2. The van der Waals surface area contributed by atoms with Crippen molar-refractivity contribution in [2.24, 2.45) is 0 Å². The highest BCUT2D eigenvalue weighted by atomic mass is 19.1. The van der Waals surface area contributed by atoms with Crippen LogP contribution in [0.3, 0.4) is 0 Å². The number of carbonyl (C=O) groups is 1. The molecule has 21 heavy (non-hydrogen) atoms. The van der Waals surface area contributed by atoms with Gasteiger partial charge in [0.2, 0.25) is 0 Å². The number of ketones is 1. The molecule has 0 saturated heterocycles. The Morgan fingerprint density at radius 3 is 2.38 bits per heavy atom. The first kappa shape index (κ1) is 14.9. The molecule has 0 spiro atoms. The summed E-state index contributed by atoms with van der Waals surface area (Å²) in [6.07, 6.45) is 1.33. The number of carbonyl (C=O) groups excluding carboxylic acids is 1. The molecule has 0 aliphatic carbocycles. The molecule has 1 N–H and O–H groups in total. The zero-order valence-corrected chi connectivity index (χ0v) is 11.7. The number of benzene rings is 2. The molecule has 0 heterocycles. The van der Waals surface area contributed by atoms with Crippen LogP contribution in [0.25, 0.3) is 0 Å². The van der Waals surface area contributed by atoms with E-state index < -0.39 is 0 Å². The topological polar surface area (TPSA) is 40.5 Å². The second-order valence-electron chi connectivity index (χ2n) is 4.70. The fraction of sp³-hybridized carbons (Fsp3) is 0.118. The fourth-order valence-electron chi connectivity index (χ4n) is 1.84. The van der Waals surface area contributed by atoms with Gasteiger partial charge in [-0.05, 0) is 36.8 Å². The summed E-state index contributed by atoms with van der Waals surface area (Å²) >= 11 is 0. The van der Waals surface area contributed by atoms with Crippen LogP contribution < -0.4 is 0 Å². The summed E-state index contributed by atoms with van der Waals surface area (Å²) in [6, 6.07) is 14.7. The zero-order chi connectivity index (χ0) is 15.2. The van der Waals surface area contributed by atoms with Crippen LogP contribution in [0.2, 0.25) is 0 Å². The third kappa shape index (κ3) is 4.26. The molecule has 4 heteroatoms. The summed E-state index contributed by atoms with van der Waals surface area (Å²) in [6.45, 7) is 1.93. The molecule has 0 fully saturated rings. The van der Waals surface area contributed by atoms with E-state index in [-0.39, 0.29) is 11.6 Å². The van der Waals surface area contributed by atoms with Crippen molar-refractivity contribution in [3.63, 3.8) is 0 Å². The molecule has 0 aliphatic heterocycles. The maximum atomic E-state index is 12.8. The van der Waals surface area contributed by atoms with Crippen molar-refractivity contribution in [3.05, 3.63) is 83.3 Å². The van der Waals surface area contributed by atoms with Gasteiger partial charge in [-0.25, -0.2) is 4.39 Å². The summed E-state index contributed by atoms with van der Waals surface area (Å²) in [7, 11) is 0. The number of hydrogen-bond acceptors (Lipinski definition) is 3. The van der Waals surface area contributed by atoms with Crippen LogP contribution in [0.1, 0.15) is 22.8 Å². The van der Waals surface area contributed by atoms with Crippen molar-refractivity contribution in [2.75, 3.05) is 0 Å². The number of hydrogen-bond donors (Lipinski definition) is 1. The Kier molecular flexibility index (Phi) is 4.85. The number of halogens is 1. The van der Waals surface area contributed by atoms with Crippen LogP contribution in [0.5, 0.6) is 0 Å². The lowest BCUT2D eigenvalue weighted by Crippen LogP contribution is -2.17. The van der Waals surface area contributed by atoms with E-state index in [4.69, 9.17) is 0 Å². The third-order valence-corrected chi connectivity index (χ3v) is 3.05. The molecule has 0 unspecified atom stereocenters. The molecule has 2 aromatic carbocycles. The average molecular weight is 285 g/mol. The molecule has 0 radical (unpaired) electrons. The van der Waals surface area contributed by atoms with Crippen LogP contribution in [-0.2, 0) is 6.54 Å². The second-order valence-corrected chi connectivity index (χ2v) is 4.70. The molecule has 0 bridgehead atoms. The molecule has 0 atom stereocenters. The van der Waals surface area contributed by atoms with Gasteiger partial charge in [0.15, 0.2) is 5.78 Å². The second kappa shape index (κ2) is 6.81. The Bertz CT molecular complexity index is 636. The van der Waals surface area contributed by atoms with Crippen LogP contribution in [0.15, 0.2) is 66.4 Å². The van der Waals surface area contributed by atoms with E-state index in [1.165, 1.54) is 30.3 Å². The molecule has 2 aromatic rings. The standard InChI is InChI=1S/C17H16FNO2/c1-13(19(21)12-14-5-3-2-4-6-14)11-17(20)15-7-9-16(18)10-8-15/h2-11,21H,12H2,1H3/b13-11-. The Morgan fingerprint density at radius 1 is 1.14 bits per heavy atom. The summed E-state index contributed by atoms with van der Waals surface area (Å²) in [5, 5.41) is 11.0. The van der Waals surface area contributed by atoms with Crippen LogP contribution in [-0.4, -0.2) is 16.1 Å². The van der Waals surface area contributed by atoms with Gasteiger partial charge in [-0.15, -0.1) is 0 Å². The fourth-order valence-corrected chi connectivity index (χ4v) is 1.84. The maximum absolute atomic E-state index is 12.8. The molecule has 3 nitrogen and oxygen atoms in total. The van der Waals surface area contributed by atoms with E-state index in [2.05, 4.69) is 0 Å². The highest BCUT2D eigenvalue weighted by Gasteiger charge is 2.07. The predicted octanol–water partition coefficient (Wildman–Crippen LogP) is 3.80. The van der Waals surface area contributed by atoms with Gasteiger partial charge in [-0.3, -0.25) is 15.1 Å². The minimum atomic E-state index is -0.389. The number of rotatable bonds is 5. The minimum absolute atomic E-state index is 0.278. The van der Waals surface area contributed by atoms with Gasteiger partial charge >= 0.3 is 0 Å². The van der Waals surface area contributed by atoms with Gasteiger partial charge in [0.1, 0.15) is 5.82 Å². The maximum Gasteiger partial charge on any atom is 0.187 e. The van der Waals surface area contributed by atoms with Gasteiger partial charge in [-0.2, -0.15) is 0 Å². The Balaban J connectivity index is 2.05. The van der Waals surface area contributed by atoms with Gasteiger partial charge in [0, 0.05) is 17.3 Å². The van der Waals surface area contributed by atoms with Crippen LogP contribution in [0.4, 0.5) is 4.39 Å². The van der Waals surface area contributed by atoms with E-state index >= 15 is 0 Å². The lowest BCUT2D eigenvalue weighted by atomic mass is 10.1. The number of hydroxylamine groups is 2. The Labute approximate surface area is 122 Å². The summed E-state index contributed by atoms with van der Waals surface area (Å²) in [4.78, 5) is 12.0. The first-order valence-corrected chi connectivity index (χ1v) is 6.55. The number of nitrogens with zero attached hydrogens (tertiary/aromatic N) is 1. The van der Waals surface area contributed by atoms with E-state index in [0.717, 1.165) is 10.6 Å². The molecule has 0 aromatic heterocycles. The van der Waals surface area contributed by atoms with E-state index in [1.54, 1.807) is 6.92 Å². The van der Waals surface area contributed by atoms with Crippen molar-refractivity contribution in [1.29, 1.82) is 0 Å². The molecule has 108 valence electrons. The van der Waals surface area contributed by atoms with Crippen LogP contribution in [0, 0.1) is 5.82 Å². The Morgan fingerprint density at radius 2 is 1.76 bits per heavy atom. The van der Waals surface area contributed by atoms with Gasteiger partial charge in [-0.1, -0.05) is 30.3 Å². The van der Waals surface area contributed by atoms with E-state index in [1.807, 2.05) is 30.3 Å². The summed E-state index contributed by atoms with van der Waals surface area (Å²) in [5.74, 6) is -0.667. The average Bonchev–Trinajstić information content (AvgIpc) is 2.48. The summed E-state index contributed by atoms with van der Waals surface area (Å²) in [5.41, 5.74) is 1.74. The molecule has 0 saturated carbocycles. The predicted molar refractivity (Wildman–Crippen MR) is 78.3 cm³/mol. The lowest BCUT2D eigenvalue weighted by Gasteiger charge is -2.17. The monoisotopic (exact) mass is 285 g/mol. The van der Waals surface area contributed by atoms with Crippen molar-refractivity contribution in [3.8, 4) is 0 Å². The van der Waals surface area contributed by atoms with Gasteiger partial charge < -0.3 is 0 Å². The van der Waals surface area contributed by atoms with Crippen LogP contribution >= 0.6 is 0 Å². The SMILES string of the molecule is C/C(=C/C(=O)c1ccc(F)cc1)N(O)Cc1ccccc1. The molecule has 2 rings (SSSR count). The highest BCUT2D eigenvalue weighted by Crippen LogP contribution is 2.10. The van der Waals surface area contributed by atoms with Crippen molar-refractivity contribution >= 4 is 5.78 Å². The normalized spacial score (nSPS) is 11.3. The van der Waals surface area contributed by atoms with Gasteiger partial charge in [0.25, 0.3) is 0 Å². The zero-order valence-electron chi connectivity index (χ0n) is 11.7. The smallest absolute Gasteiger partial charge is 0.187 e. The largest absolute Gasteiger partial charge is 0.289 e. The van der Waals surface area contributed by atoms with Crippen molar-refractivity contribution < 1.29 is 14.4 Å². The van der Waals surface area contributed by atoms with Crippen molar-refractivity contribution in [2.45, 2.75) is 13.5 Å². The first-order valence-electron chi connectivity index (χ1n) is 6.55. The molecule has 0 aliphatic rings. The lowest BCUT2D eigenvalue weighted by molar-refractivity contribution is -0.0635. The van der Waals surface area contributed by atoms with E-state index in [0.29, 0.717) is 17.8 Å². The minimum Gasteiger partial charge on any atom is -0.289 e. The third-order valence-electron chi connectivity index (χ3n) is 3.05. The Hall–Kier alpha value is -2.46. The first-order chi connectivity index (χ1) is 10.1. The molecular formula is C17H16FNO2. The quantitative estimate of drug-likeness (QED) is 0.516. The van der Waals surface area contributed by atoms with Crippen molar-refractivity contribution in [1.82, 2.24) is 5.06 Å². The van der Waals surface area contributed by atoms with Gasteiger partial charge in [0.05, 0.1) is 6.54 Å². The summed E-state index contributed by atoms with van der Waals surface area (Å²) < 4.78 is 12.8. The molecular weight excluding hydrogens is 269 g/mol. The molecule has 0 amide bonds. The van der Waals surface area contributed by atoms with E-state index in [9.17, 15) is 14.4 Å².